The molecule has 0 radical (unpaired) electrons. The van der Waals surface area contributed by atoms with E-state index in [1.54, 1.807) is 18.9 Å². The molecule has 2 heterocycles. The highest BCUT2D eigenvalue weighted by atomic mass is 35.5. The molecule has 0 aliphatic rings. The Morgan fingerprint density at radius 3 is 2.64 bits per heavy atom. The van der Waals surface area contributed by atoms with Gasteiger partial charge in [0.2, 0.25) is 0 Å². The molecule has 0 spiro atoms. The molecule has 0 aliphatic heterocycles. The maximum atomic E-state index is 6.16. The molecule has 0 atom stereocenters. The van der Waals surface area contributed by atoms with E-state index in [1.165, 1.54) is 5.56 Å². The summed E-state index contributed by atoms with van der Waals surface area (Å²) in [6, 6.07) is 15.8. The molecule has 9 heteroatoms. The van der Waals surface area contributed by atoms with Gasteiger partial charge in [-0.05, 0) is 43.8 Å². The van der Waals surface area contributed by atoms with Crippen LogP contribution in [0.5, 0.6) is 5.75 Å². The van der Waals surface area contributed by atoms with Crippen molar-refractivity contribution in [1.82, 2.24) is 29.4 Å². The van der Waals surface area contributed by atoms with E-state index in [2.05, 4.69) is 44.8 Å². The second-order valence-corrected chi connectivity index (χ2v) is 9.28. The molecule has 0 fully saturated rings. The van der Waals surface area contributed by atoms with Gasteiger partial charge in [0.15, 0.2) is 11.0 Å². The molecule has 2 aromatic carbocycles. The Kier molecular flexibility index (Phi) is 7.37. The Bertz CT molecular complexity index is 1240. The molecule has 0 unspecified atom stereocenters. The monoisotopic (exact) mass is 482 g/mol. The molecule has 172 valence electrons. The minimum absolute atomic E-state index is 0.635. The lowest BCUT2D eigenvalue weighted by atomic mass is 10.2. The molecule has 0 amide bonds. The lowest BCUT2D eigenvalue weighted by molar-refractivity contribution is 0.307. The second-order valence-electron chi connectivity index (χ2n) is 7.91. The number of methoxy groups -OCH3 is 1. The summed E-state index contributed by atoms with van der Waals surface area (Å²) >= 11 is 7.79. The standard InChI is InChI=1S/C24H27ClN6OS/c1-17-19(13-26-30(17)3)14-29(2)15-23-27-28-24(33-16-18-7-5-8-20(25)11-18)31(23)21-9-6-10-22(12-21)32-4/h5-13H,14-16H2,1-4H3. The van der Waals surface area contributed by atoms with Crippen LogP contribution in [0.25, 0.3) is 5.69 Å². The van der Waals surface area contributed by atoms with Gasteiger partial charge in [-0.3, -0.25) is 14.1 Å². The van der Waals surface area contributed by atoms with Crippen LogP contribution < -0.4 is 4.74 Å². The summed E-state index contributed by atoms with van der Waals surface area (Å²) in [7, 11) is 5.71. The zero-order valence-corrected chi connectivity index (χ0v) is 20.8. The molecule has 0 saturated carbocycles. The average Bonchev–Trinajstić information content (AvgIpc) is 3.35. The van der Waals surface area contributed by atoms with Gasteiger partial charge < -0.3 is 4.74 Å². The predicted molar refractivity (Wildman–Crippen MR) is 132 cm³/mol. The molecule has 0 N–H and O–H groups in total. The number of rotatable bonds is 9. The van der Waals surface area contributed by atoms with Gasteiger partial charge in [-0.25, -0.2) is 0 Å². The molecule has 4 aromatic rings. The first-order valence-electron chi connectivity index (χ1n) is 10.6. The van der Waals surface area contributed by atoms with Crippen molar-refractivity contribution < 1.29 is 4.74 Å². The topological polar surface area (TPSA) is 61.0 Å². The zero-order chi connectivity index (χ0) is 23.4. The highest BCUT2D eigenvalue weighted by molar-refractivity contribution is 7.98. The fourth-order valence-corrected chi connectivity index (χ4v) is 4.69. The summed E-state index contributed by atoms with van der Waals surface area (Å²) < 4.78 is 9.45. The van der Waals surface area contributed by atoms with Crippen molar-refractivity contribution in [2.75, 3.05) is 14.2 Å². The third-order valence-electron chi connectivity index (χ3n) is 5.46. The third-order valence-corrected chi connectivity index (χ3v) is 6.69. The Hall–Kier alpha value is -2.81. The number of nitrogens with zero attached hydrogens (tertiary/aromatic N) is 6. The van der Waals surface area contributed by atoms with E-state index in [0.717, 1.165) is 51.0 Å². The maximum Gasteiger partial charge on any atom is 0.196 e. The van der Waals surface area contributed by atoms with E-state index < -0.39 is 0 Å². The summed E-state index contributed by atoms with van der Waals surface area (Å²) in [6.07, 6.45) is 1.92. The zero-order valence-electron chi connectivity index (χ0n) is 19.2. The van der Waals surface area contributed by atoms with E-state index in [1.807, 2.05) is 60.4 Å². The highest BCUT2D eigenvalue weighted by Crippen LogP contribution is 2.28. The quantitative estimate of drug-likeness (QED) is 0.316. The second kappa shape index (κ2) is 10.4. The first-order chi connectivity index (χ1) is 15.9. The van der Waals surface area contributed by atoms with Crippen molar-refractivity contribution >= 4 is 23.4 Å². The normalized spacial score (nSPS) is 11.3. The fraction of sp³-hybridized carbons (Fsp3) is 0.292. The molecule has 0 saturated heterocycles. The Morgan fingerprint density at radius 2 is 1.91 bits per heavy atom. The summed E-state index contributed by atoms with van der Waals surface area (Å²) in [5.41, 5.74) is 4.46. The summed E-state index contributed by atoms with van der Waals surface area (Å²) in [5.74, 6) is 2.39. The van der Waals surface area contributed by atoms with Crippen molar-refractivity contribution in [2.24, 2.45) is 7.05 Å². The van der Waals surface area contributed by atoms with Gasteiger partial charge in [0, 0.05) is 41.7 Å². The lowest BCUT2D eigenvalue weighted by Gasteiger charge is -2.17. The van der Waals surface area contributed by atoms with Crippen molar-refractivity contribution in [3.8, 4) is 11.4 Å². The first-order valence-corrected chi connectivity index (χ1v) is 11.9. The van der Waals surface area contributed by atoms with E-state index in [0.29, 0.717) is 6.54 Å². The van der Waals surface area contributed by atoms with Crippen LogP contribution in [-0.2, 0) is 25.9 Å². The first kappa shape index (κ1) is 23.4. The number of benzene rings is 2. The molecule has 2 aromatic heterocycles. The fourth-order valence-electron chi connectivity index (χ4n) is 3.57. The van der Waals surface area contributed by atoms with Crippen LogP contribution in [0.1, 0.15) is 22.6 Å². The molecular formula is C24H27ClN6OS. The van der Waals surface area contributed by atoms with Crippen LogP contribution in [0.2, 0.25) is 5.02 Å². The van der Waals surface area contributed by atoms with E-state index in [-0.39, 0.29) is 0 Å². The minimum atomic E-state index is 0.635. The van der Waals surface area contributed by atoms with Gasteiger partial charge in [-0.1, -0.05) is 41.6 Å². The number of hydrogen-bond donors (Lipinski definition) is 0. The average molecular weight is 483 g/mol. The minimum Gasteiger partial charge on any atom is -0.497 e. The van der Waals surface area contributed by atoms with Crippen molar-refractivity contribution in [3.05, 3.63) is 82.4 Å². The molecule has 33 heavy (non-hydrogen) atoms. The number of ether oxygens (including phenoxy) is 1. The van der Waals surface area contributed by atoms with Crippen molar-refractivity contribution in [3.63, 3.8) is 0 Å². The Morgan fingerprint density at radius 1 is 1.09 bits per heavy atom. The van der Waals surface area contributed by atoms with Crippen LogP contribution in [0, 0.1) is 6.92 Å². The van der Waals surface area contributed by atoms with Crippen molar-refractivity contribution in [2.45, 2.75) is 30.9 Å². The largest absolute Gasteiger partial charge is 0.497 e. The number of aryl methyl sites for hydroxylation is 1. The van der Waals surface area contributed by atoms with Gasteiger partial charge in [0.25, 0.3) is 0 Å². The molecule has 0 bridgehead atoms. The van der Waals surface area contributed by atoms with Gasteiger partial charge in [-0.2, -0.15) is 5.10 Å². The van der Waals surface area contributed by atoms with E-state index in [4.69, 9.17) is 16.3 Å². The molecule has 7 nitrogen and oxygen atoms in total. The highest BCUT2D eigenvalue weighted by Gasteiger charge is 2.18. The van der Waals surface area contributed by atoms with Gasteiger partial charge in [-0.15, -0.1) is 10.2 Å². The lowest BCUT2D eigenvalue weighted by Crippen LogP contribution is -2.20. The van der Waals surface area contributed by atoms with Crippen LogP contribution in [0.4, 0.5) is 0 Å². The summed E-state index contributed by atoms with van der Waals surface area (Å²) in [4.78, 5) is 2.22. The van der Waals surface area contributed by atoms with Crippen LogP contribution >= 0.6 is 23.4 Å². The number of halogens is 1. The smallest absolute Gasteiger partial charge is 0.196 e. The van der Waals surface area contributed by atoms with E-state index >= 15 is 0 Å². The summed E-state index contributed by atoms with van der Waals surface area (Å²) in [6.45, 7) is 3.49. The number of hydrogen-bond acceptors (Lipinski definition) is 6. The van der Waals surface area contributed by atoms with Gasteiger partial charge >= 0.3 is 0 Å². The van der Waals surface area contributed by atoms with Gasteiger partial charge in [0.1, 0.15) is 5.75 Å². The van der Waals surface area contributed by atoms with Crippen LogP contribution in [0.3, 0.4) is 0 Å². The van der Waals surface area contributed by atoms with Crippen LogP contribution in [0.15, 0.2) is 59.9 Å². The SMILES string of the molecule is COc1cccc(-n2c(CN(C)Cc3cnn(C)c3C)nnc2SCc2cccc(Cl)c2)c1. The van der Waals surface area contributed by atoms with E-state index in [9.17, 15) is 0 Å². The molecule has 0 aliphatic carbocycles. The molecular weight excluding hydrogens is 456 g/mol. The maximum absolute atomic E-state index is 6.16. The van der Waals surface area contributed by atoms with Crippen LogP contribution in [-0.4, -0.2) is 43.6 Å². The molecule has 4 rings (SSSR count). The van der Waals surface area contributed by atoms with Gasteiger partial charge in [0.05, 0.1) is 25.5 Å². The van der Waals surface area contributed by atoms with Crippen molar-refractivity contribution in [1.29, 1.82) is 0 Å². The predicted octanol–water partition coefficient (Wildman–Crippen LogP) is 4.90. The number of thioether (sulfide) groups is 1. The Balaban J connectivity index is 1.61. The number of aromatic nitrogens is 5. The Labute approximate surface area is 203 Å². The summed E-state index contributed by atoms with van der Waals surface area (Å²) in [5, 5.41) is 15.0. The third kappa shape index (κ3) is 5.58.